The highest BCUT2D eigenvalue weighted by atomic mass is 16.5. The van der Waals surface area contributed by atoms with Crippen LogP contribution in [0.25, 0.3) is 21.8 Å². The van der Waals surface area contributed by atoms with E-state index in [0.29, 0.717) is 0 Å². The first-order valence-electron chi connectivity index (χ1n) is 9.59. The third-order valence-electron chi connectivity index (χ3n) is 5.93. The van der Waals surface area contributed by atoms with Crippen LogP contribution in [0.4, 0.5) is 0 Å². The smallest absolute Gasteiger partial charge is 0.163 e. The number of piperidine rings is 2. The molecule has 0 radical (unpaired) electrons. The Kier molecular flexibility index (Phi) is 3.97. The summed E-state index contributed by atoms with van der Waals surface area (Å²) in [4.78, 5) is 10.3. The van der Waals surface area contributed by atoms with Crippen LogP contribution in [0.3, 0.4) is 0 Å². The van der Waals surface area contributed by atoms with Crippen LogP contribution in [0.5, 0.6) is 11.5 Å². The average molecular weight is 351 g/mol. The Balaban J connectivity index is 1.27. The fourth-order valence-electron chi connectivity index (χ4n) is 4.65. The maximum atomic E-state index is 6.07. The Hall–Kier alpha value is -2.27. The van der Waals surface area contributed by atoms with Gasteiger partial charge < -0.3 is 19.4 Å². The number of nitrogens with zero attached hydrogens (tertiary/aromatic N) is 2. The number of fused-ring (bicyclic) bond motifs is 5. The number of nitrogens with one attached hydrogen (secondary N) is 1. The minimum atomic E-state index is 0.718. The topological polar surface area (TPSA) is 50.4 Å². The predicted molar refractivity (Wildman–Crippen MR) is 103 cm³/mol. The van der Waals surface area contributed by atoms with Gasteiger partial charge in [-0.2, -0.15) is 0 Å². The van der Waals surface area contributed by atoms with Crippen molar-refractivity contribution in [2.75, 3.05) is 33.4 Å². The lowest BCUT2D eigenvalue weighted by atomic mass is 9.71. The largest absolute Gasteiger partial charge is 0.493 e. The van der Waals surface area contributed by atoms with Crippen LogP contribution in [0.2, 0.25) is 0 Å². The van der Waals surface area contributed by atoms with Gasteiger partial charge >= 0.3 is 0 Å². The van der Waals surface area contributed by atoms with Gasteiger partial charge in [0.1, 0.15) is 0 Å². The van der Waals surface area contributed by atoms with Gasteiger partial charge in [0.15, 0.2) is 11.5 Å². The number of hydrogen-bond acceptors (Lipinski definition) is 4. The molecule has 0 atom stereocenters. The number of aromatic nitrogens is 2. The van der Waals surface area contributed by atoms with Crippen molar-refractivity contribution < 1.29 is 9.47 Å². The number of benzene rings is 1. The van der Waals surface area contributed by atoms with Crippen molar-refractivity contribution in [1.82, 2.24) is 14.9 Å². The minimum Gasteiger partial charge on any atom is -0.493 e. The van der Waals surface area contributed by atoms with E-state index in [0.717, 1.165) is 64.7 Å². The fraction of sp³-hybridized carbons (Fsp3) is 0.476. The molecule has 5 nitrogen and oxygen atoms in total. The number of rotatable bonds is 6. The lowest BCUT2D eigenvalue weighted by molar-refractivity contribution is 0.0251. The molecule has 3 aliphatic rings. The number of pyridine rings is 1. The molecule has 1 aromatic carbocycles. The number of methoxy groups -OCH3 is 1. The third kappa shape index (κ3) is 2.80. The van der Waals surface area contributed by atoms with Crippen LogP contribution in [-0.2, 0) is 0 Å². The molecule has 3 aromatic rings. The lowest BCUT2D eigenvalue weighted by Crippen LogP contribution is -2.48. The summed E-state index contributed by atoms with van der Waals surface area (Å²) in [6, 6.07) is 6.08. The van der Waals surface area contributed by atoms with E-state index in [9.17, 15) is 0 Å². The van der Waals surface area contributed by atoms with E-state index in [-0.39, 0.29) is 0 Å². The maximum Gasteiger partial charge on any atom is 0.163 e. The molecule has 5 heteroatoms. The second-order valence-corrected chi connectivity index (χ2v) is 7.76. The first kappa shape index (κ1) is 15.9. The van der Waals surface area contributed by atoms with Crippen LogP contribution in [0.15, 0.2) is 30.6 Å². The van der Waals surface area contributed by atoms with E-state index >= 15 is 0 Å². The van der Waals surface area contributed by atoms with Crippen LogP contribution in [0.1, 0.15) is 19.3 Å². The Morgan fingerprint density at radius 2 is 1.96 bits per heavy atom. The number of hydrogen-bond donors (Lipinski definition) is 1. The van der Waals surface area contributed by atoms with Crippen molar-refractivity contribution in [3.05, 3.63) is 30.6 Å². The molecule has 2 bridgehead atoms. The average Bonchev–Trinajstić information content (AvgIpc) is 3.01. The van der Waals surface area contributed by atoms with Crippen molar-refractivity contribution in [3.63, 3.8) is 0 Å². The van der Waals surface area contributed by atoms with Crippen LogP contribution >= 0.6 is 0 Å². The van der Waals surface area contributed by atoms with Crippen LogP contribution < -0.4 is 9.47 Å². The quantitative estimate of drug-likeness (QED) is 0.686. The molecule has 0 amide bonds. The highest BCUT2D eigenvalue weighted by molar-refractivity contribution is 6.07. The van der Waals surface area contributed by atoms with Crippen LogP contribution in [-0.4, -0.2) is 48.2 Å². The van der Waals surface area contributed by atoms with Crippen molar-refractivity contribution in [3.8, 4) is 11.5 Å². The van der Waals surface area contributed by atoms with E-state index in [1.807, 2.05) is 24.4 Å². The second-order valence-electron chi connectivity index (χ2n) is 7.76. The molecule has 136 valence electrons. The van der Waals surface area contributed by atoms with E-state index < -0.39 is 0 Å². The number of ether oxygens (including phenoxy) is 2. The standard InChI is InChI=1S/C21H25N3O2/c1-25-20-9-16-17-11-22-4-3-18(17)23-19(16)10-21(20)26-6-2-5-24-12-14-7-15(8-14)13-24/h3-4,9-11,14-15,23H,2,5-8,12-13H2,1H3. The van der Waals surface area contributed by atoms with Gasteiger partial charge in [-0.05, 0) is 43.2 Å². The van der Waals surface area contributed by atoms with E-state index in [4.69, 9.17) is 9.47 Å². The van der Waals surface area contributed by atoms with E-state index in [1.54, 1.807) is 13.3 Å². The molecule has 6 rings (SSSR count). The molecule has 0 unspecified atom stereocenters. The highest BCUT2D eigenvalue weighted by Crippen LogP contribution is 2.39. The molecule has 2 aromatic heterocycles. The number of aromatic amines is 1. The molecule has 2 saturated heterocycles. The summed E-state index contributed by atoms with van der Waals surface area (Å²) < 4.78 is 11.6. The van der Waals surface area contributed by atoms with Gasteiger partial charge in [-0.1, -0.05) is 0 Å². The summed E-state index contributed by atoms with van der Waals surface area (Å²) in [5.74, 6) is 3.52. The zero-order valence-electron chi connectivity index (χ0n) is 15.2. The zero-order valence-corrected chi connectivity index (χ0v) is 15.2. The van der Waals surface area contributed by atoms with Gasteiger partial charge in [0.2, 0.25) is 0 Å². The molecule has 1 aliphatic carbocycles. The maximum absolute atomic E-state index is 6.07. The Morgan fingerprint density at radius 3 is 2.77 bits per heavy atom. The molecule has 4 heterocycles. The molecule has 1 saturated carbocycles. The van der Waals surface area contributed by atoms with E-state index in [2.05, 4.69) is 14.9 Å². The third-order valence-corrected chi connectivity index (χ3v) is 5.93. The van der Waals surface area contributed by atoms with Crippen molar-refractivity contribution in [2.45, 2.75) is 19.3 Å². The highest BCUT2D eigenvalue weighted by Gasteiger charge is 2.36. The normalized spacial score (nSPS) is 22.5. The Labute approximate surface area is 153 Å². The first-order chi connectivity index (χ1) is 12.8. The number of H-pyrrole nitrogens is 1. The fourth-order valence-corrected chi connectivity index (χ4v) is 4.65. The summed E-state index contributed by atoms with van der Waals surface area (Å²) in [7, 11) is 1.70. The van der Waals surface area contributed by atoms with Crippen LogP contribution in [0, 0.1) is 11.8 Å². The Morgan fingerprint density at radius 1 is 1.12 bits per heavy atom. The van der Waals surface area contributed by atoms with Crippen molar-refractivity contribution in [2.24, 2.45) is 11.8 Å². The monoisotopic (exact) mass is 351 g/mol. The molecule has 2 aliphatic heterocycles. The molecule has 3 fully saturated rings. The summed E-state index contributed by atoms with van der Waals surface area (Å²) in [6.07, 6.45) is 7.67. The molecule has 1 N–H and O–H groups in total. The van der Waals surface area contributed by atoms with Gasteiger partial charge in [-0.3, -0.25) is 4.98 Å². The molecular formula is C21H25N3O2. The van der Waals surface area contributed by atoms with Gasteiger partial charge in [-0.25, -0.2) is 0 Å². The molecule has 0 spiro atoms. The predicted octanol–water partition coefficient (Wildman–Crippen LogP) is 3.84. The first-order valence-corrected chi connectivity index (χ1v) is 9.59. The summed E-state index contributed by atoms with van der Waals surface area (Å²) in [5, 5.41) is 2.22. The van der Waals surface area contributed by atoms with Crippen molar-refractivity contribution >= 4 is 21.8 Å². The van der Waals surface area contributed by atoms with Crippen molar-refractivity contribution in [1.29, 1.82) is 0 Å². The zero-order chi connectivity index (χ0) is 17.5. The molecular weight excluding hydrogens is 326 g/mol. The van der Waals surface area contributed by atoms with Gasteiger partial charge in [0.25, 0.3) is 0 Å². The lowest BCUT2D eigenvalue weighted by Gasteiger charge is -2.47. The Bertz CT molecular complexity index is 920. The van der Waals surface area contributed by atoms with Gasteiger partial charge in [0.05, 0.1) is 19.2 Å². The summed E-state index contributed by atoms with van der Waals surface area (Å²) in [5.41, 5.74) is 2.14. The van der Waals surface area contributed by atoms with E-state index in [1.165, 1.54) is 25.9 Å². The van der Waals surface area contributed by atoms with Gasteiger partial charge in [-0.15, -0.1) is 0 Å². The summed E-state index contributed by atoms with van der Waals surface area (Å²) >= 11 is 0. The second kappa shape index (κ2) is 6.47. The summed E-state index contributed by atoms with van der Waals surface area (Å²) in [6.45, 7) is 4.43. The molecule has 26 heavy (non-hydrogen) atoms. The SMILES string of the molecule is COc1cc2c(cc1OCCCN1CC3CC(C3)C1)[nH]c1ccncc12. The minimum absolute atomic E-state index is 0.718. The van der Waals surface area contributed by atoms with Gasteiger partial charge in [0, 0.05) is 54.4 Å².